The number of hydrogen-bond donors (Lipinski definition) is 0. The fourth-order valence-electron chi connectivity index (χ4n) is 4.44. The SMILES string of the molecule is Cc1ccc(-n2ccc(C)n2)c(C(=O)N2CCC[C@@H](C)C2CCc2ccc(Cl)nn2)c1. The maximum atomic E-state index is 13.8. The van der Waals surface area contributed by atoms with Crippen LogP contribution in [0.1, 0.15) is 53.5 Å². The van der Waals surface area contributed by atoms with Gasteiger partial charge in [-0.2, -0.15) is 10.2 Å². The molecule has 0 bridgehead atoms. The van der Waals surface area contributed by atoms with Crippen LogP contribution in [0.4, 0.5) is 0 Å². The number of aryl methyl sites for hydroxylation is 3. The van der Waals surface area contributed by atoms with E-state index in [9.17, 15) is 4.79 Å². The summed E-state index contributed by atoms with van der Waals surface area (Å²) >= 11 is 5.86. The van der Waals surface area contributed by atoms with Gasteiger partial charge < -0.3 is 4.90 Å². The molecule has 0 radical (unpaired) electrons. The minimum absolute atomic E-state index is 0.0746. The molecule has 2 atom stereocenters. The largest absolute Gasteiger partial charge is 0.335 e. The molecule has 2 aromatic heterocycles. The lowest BCUT2D eigenvalue weighted by molar-refractivity contribution is 0.0498. The Bertz CT molecular complexity index is 1060. The zero-order valence-corrected chi connectivity index (χ0v) is 19.0. The summed E-state index contributed by atoms with van der Waals surface area (Å²) in [6.45, 7) is 6.98. The average molecular weight is 438 g/mol. The van der Waals surface area contributed by atoms with Crippen molar-refractivity contribution in [2.75, 3.05) is 6.54 Å². The molecule has 6 nitrogen and oxygen atoms in total. The molecular weight excluding hydrogens is 410 g/mol. The monoisotopic (exact) mass is 437 g/mol. The minimum atomic E-state index is 0.0746. The smallest absolute Gasteiger partial charge is 0.256 e. The Kier molecular flexibility index (Phi) is 6.37. The van der Waals surface area contributed by atoms with Gasteiger partial charge in [0.1, 0.15) is 0 Å². The van der Waals surface area contributed by atoms with Gasteiger partial charge >= 0.3 is 0 Å². The number of aromatic nitrogens is 4. The number of benzene rings is 1. The van der Waals surface area contributed by atoms with Crippen LogP contribution in [0.2, 0.25) is 5.15 Å². The van der Waals surface area contributed by atoms with Crippen molar-refractivity contribution in [3.63, 3.8) is 0 Å². The third-order valence-corrected chi connectivity index (χ3v) is 6.31. The Labute approximate surface area is 188 Å². The van der Waals surface area contributed by atoms with Gasteiger partial charge in [0.25, 0.3) is 5.91 Å². The summed E-state index contributed by atoms with van der Waals surface area (Å²) in [5, 5.41) is 13.1. The second kappa shape index (κ2) is 9.18. The minimum Gasteiger partial charge on any atom is -0.335 e. The fourth-order valence-corrected chi connectivity index (χ4v) is 4.54. The van der Waals surface area contributed by atoms with E-state index in [1.165, 1.54) is 0 Å². The summed E-state index contributed by atoms with van der Waals surface area (Å²) in [4.78, 5) is 15.9. The summed E-state index contributed by atoms with van der Waals surface area (Å²) in [6.07, 6.45) is 5.67. The van der Waals surface area contributed by atoms with Crippen molar-refractivity contribution in [1.29, 1.82) is 0 Å². The zero-order valence-electron chi connectivity index (χ0n) is 18.3. The molecule has 0 spiro atoms. The number of carbonyl (C=O) groups is 1. The van der Waals surface area contributed by atoms with Gasteiger partial charge in [0.05, 0.1) is 22.6 Å². The van der Waals surface area contributed by atoms with E-state index in [4.69, 9.17) is 11.6 Å². The second-order valence-corrected chi connectivity index (χ2v) is 8.88. The van der Waals surface area contributed by atoms with Gasteiger partial charge in [-0.1, -0.05) is 30.2 Å². The Balaban J connectivity index is 1.61. The third-order valence-electron chi connectivity index (χ3n) is 6.11. The quantitative estimate of drug-likeness (QED) is 0.574. The molecule has 1 fully saturated rings. The van der Waals surface area contributed by atoms with Crippen LogP contribution >= 0.6 is 11.6 Å². The molecule has 1 amide bonds. The van der Waals surface area contributed by atoms with Crippen molar-refractivity contribution >= 4 is 17.5 Å². The van der Waals surface area contributed by atoms with Crippen LogP contribution < -0.4 is 0 Å². The molecule has 0 N–H and O–H groups in total. The lowest BCUT2D eigenvalue weighted by Gasteiger charge is -2.40. The Morgan fingerprint density at radius 3 is 2.71 bits per heavy atom. The second-order valence-electron chi connectivity index (χ2n) is 8.49. The van der Waals surface area contributed by atoms with E-state index < -0.39 is 0 Å². The highest BCUT2D eigenvalue weighted by atomic mass is 35.5. The number of likely N-dealkylation sites (tertiary alicyclic amines) is 1. The zero-order chi connectivity index (χ0) is 22.0. The lowest BCUT2D eigenvalue weighted by atomic mass is 9.86. The average Bonchev–Trinajstić information content (AvgIpc) is 3.19. The summed E-state index contributed by atoms with van der Waals surface area (Å²) < 4.78 is 1.80. The van der Waals surface area contributed by atoms with Gasteiger partial charge in [-0.3, -0.25) is 4.79 Å². The van der Waals surface area contributed by atoms with E-state index in [-0.39, 0.29) is 11.9 Å². The summed E-state index contributed by atoms with van der Waals surface area (Å²) in [7, 11) is 0. The third kappa shape index (κ3) is 4.79. The van der Waals surface area contributed by atoms with E-state index in [0.29, 0.717) is 16.6 Å². The van der Waals surface area contributed by atoms with E-state index in [1.807, 2.05) is 50.4 Å². The topological polar surface area (TPSA) is 63.9 Å². The first-order valence-electron chi connectivity index (χ1n) is 10.8. The van der Waals surface area contributed by atoms with Gasteiger partial charge in [0, 0.05) is 18.8 Å². The molecule has 1 saturated heterocycles. The molecule has 3 heterocycles. The maximum absolute atomic E-state index is 13.8. The van der Waals surface area contributed by atoms with Gasteiger partial charge in [0.15, 0.2) is 5.15 Å². The molecular formula is C24H28ClN5O. The van der Waals surface area contributed by atoms with Crippen LogP contribution in [0.5, 0.6) is 0 Å². The number of hydrogen-bond acceptors (Lipinski definition) is 4. The normalized spacial score (nSPS) is 18.9. The molecule has 3 aromatic rings. The van der Waals surface area contributed by atoms with Crippen molar-refractivity contribution in [2.24, 2.45) is 5.92 Å². The Hall–Kier alpha value is -2.73. The first-order valence-corrected chi connectivity index (χ1v) is 11.2. The Morgan fingerprint density at radius 1 is 1.16 bits per heavy atom. The van der Waals surface area contributed by atoms with Crippen molar-refractivity contribution in [1.82, 2.24) is 24.9 Å². The number of nitrogens with zero attached hydrogens (tertiary/aromatic N) is 5. The molecule has 1 aliphatic heterocycles. The predicted molar refractivity (Wildman–Crippen MR) is 122 cm³/mol. The number of piperidine rings is 1. The van der Waals surface area contributed by atoms with Gasteiger partial charge in [-0.05, 0) is 75.8 Å². The molecule has 7 heteroatoms. The summed E-state index contributed by atoms with van der Waals surface area (Å²) in [6, 6.07) is 11.8. The molecule has 31 heavy (non-hydrogen) atoms. The van der Waals surface area contributed by atoms with Crippen LogP contribution in [0.25, 0.3) is 5.69 Å². The van der Waals surface area contributed by atoms with E-state index in [1.54, 1.807) is 10.7 Å². The standard InChI is InChI=1S/C24H28ClN5O/c1-16-6-9-22(30-14-12-18(3)28-30)20(15-16)24(31)29-13-4-5-17(2)21(29)10-7-19-8-11-23(25)27-26-19/h6,8-9,11-12,14-15,17,21H,4-5,7,10,13H2,1-3H3/t17-,21?/m1/s1. The number of amides is 1. The molecule has 162 valence electrons. The van der Waals surface area contributed by atoms with E-state index in [2.05, 4.69) is 27.1 Å². The molecule has 0 saturated carbocycles. The van der Waals surface area contributed by atoms with Gasteiger partial charge in [0.2, 0.25) is 0 Å². The van der Waals surface area contributed by atoms with Crippen LogP contribution in [0.3, 0.4) is 0 Å². The van der Waals surface area contributed by atoms with Crippen molar-refractivity contribution in [2.45, 2.75) is 52.5 Å². The van der Waals surface area contributed by atoms with Gasteiger partial charge in [-0.15, -0.1) is 5.10 Å². The number of carbonyl (C=O) groups excluding carboxylic acids is 1. The molecule has 1 aromatic carbocycles. The maximum Gasteiger partial charge on any atom is 0.256 e. The molecule has 1 unspecified atom stereocenters. The number of rotatable bonds is 5. The molecule has 1 aliphatic rings. The highest BCUT2D eigenvalue weighted by Gasteiger charge is 2.33. The van der Waals surface area contributed by atoms with Crippen LogP contribution in [0.15, 0.2) is 42.6 Å². The highest BCUT2D eigenvalue weighted by Crippen LogP contribution is 2.29. The summed E-state index contributed by atoms with van der Waals surface area (Å²) in [5.41, 5.74) is 4.41. The molecule has 4 rings (SSSR count). The fraction of sp³-hybridized carbons (Fsp3) is 0.417. The van der Waals surface area contributed by atoms with Crippen molar-refractivity contribution in [3.05, 3.63) is 70.3 Å². The van der Waals surface area contributed by atoms with Crippen molar-refractivity contribution < 1.29 is 4.79 Å². The summed E-state index contributed by atoms with van der Waals surface area (Å²) in [5.74, 6) is 0.503. The van der Waals surface area contributed by atoms with Crippen LogP contribution in [-0.4, -0.2) is 43.4 Å². The van der Waals surface area contributed by atoms with Crippen molar-refractivity contribution in [3.8, 4) is 5.69 Å². The first kappa shape index (κ1) is 21.5. The van der Waals surface area contributed by atoms with Crippen LogP contribution in [0, 0.1) is 19.8 Å². The predicted octanol–water partition coefficient (Wildman–Crippen LogP) is 4.81. The van der Waals surface area contributed by atoms with E-state index in [0.717, 1.165) is 54.9 Å². The lowest BCUT2D eigenvalue weighted by Crippen LogP contribution is -2.48. The van der Waals surface area contributed by atoms with Crippen LogP contribution in [-0.2, 0) is 6.42 Å². The molecule has 0 aliphatic carbocycles. The Morgan fingerprint density at radius 2 is 2.00 bits per heavy atom. The van der Waals surface area contributed by atoms with Gasteiger partial charge in [-0.25, -0.2) is 4.68 Å². The number of halogens is 1. The highest BCUT2D eigenvalue weighted by molar-refractivity contribution is 6.29. The first-order chi connectivity index (χ1) is 14.9. The van der Waals surface area contributed by atoms with E-state index >= 15 is 0 Å².